The molecule has 0 aromatic heterocycles. The van der Waals surface area contributed by atoms with E-state index in [0.29, 0.717) is 12.8 Å². The first-order chi connectivity index (χ1) is 7.65. The highest BCUT2D eigenvalue weighted by Crippen LogP contribution is 2.60. The highest BCUT2D eigenvalue weighted by Gasteiger charge is 2.56. The molecule has 0 aromatic rings. The molecule has 2 fully saturated rings. The summed E-state index contributed by atoms with van der Waals surface area (Å²) in [5.74, 6) is -1.38. The normalized spacial score (nSPS) is 40.9. The molecule has 0 aromatic carbocycles. The Morgan fingerprint density at radius 1 is 1.12 bits per heavy atom. The highest BCUT2D eigenvalue weighted by atomic mass is 32.3. The summed E-state index contributed by atoms with van der Waals surface area (Å²) in [6.45, 7) is 0. The first-order valence-corrected chi connectivity index (χ1v) is 9.13. The van der Waals surface area contributed by atoms with E-state index in [1.54, 1.807) is 0 Å². The van der Waals surface area contributed by atoms with Crippen LogP contribution in [0.25, 0.3) is 0 Å². The summed E-state index contributed by atoms with van der Waals surface area (Å²) in [5.41, 5.74) is -0.306. The van der Waals surface area contributed by atoms with Crippen LogP contribution in [0.4, 0.5) is 8.78 Å². The van der Waals surface area contributed by atoms with Gasteiger partial charge in [-0.15, -0.1) is 0 Å². The van der Waals surface area contributed by atoms with Crippen molar-refractivity contribution in [2.75, 3.05) is 24.5 Å². The summed E-state index contributed by atoms with van der Waals surface area (Å²) in [6.07, 6.45) is 8.04. The molecule has 0 heterocycles. The molecule has 0 bridgehead atoms. The third kappa shape index (κ3) is 2.76. The molecule has 2 aliphatic rings. The summed E-state index contributed by atoms with van der Waals surface area (Å²) < 4.78 is 26.6. The van der Waals surface area contributed by atoms with Crippen molar-refractivity contribution in [3.8, 4) is 6.07 Å². The van der Waals surface area contributed by atoms with Crippen LogP contribution in [0.15, 0.2) is 0 Å². The smallest absolute Gasteiger partial charge is 0.248 e. The van der Waals surface area contributed by atoms with Crippen LogP contribution < -0.4 is 0 Å². The van der Waals surface area contributed by atoms with Crippen LogP contribution >= 0.6 is 10.0 Å². The van der Waals surface area contributed by atoms with Crippen LogP contribution in [-0.2, 0) is 0 Å². The minimum Gasteiger partial charge on any atom is -0.248 e. The van der Waals surface area contributed by atoms with Gasteiger partial charge < -0.3 is 0 Å². The van der Waals surface area contributed by atoms with Gasteiger partial charge in [-0.05, 0) is 49.2 Å². The third-order valence-electron chi connectivity index (χ3n) is 4.04. The van der Waals surface area contributed by atoms with Crippen molar-refractivity contribution in [3.05, 3.63) is 0 Å². The van der Waals surface area contributed by atoms with Crippen molar-refractivity contribution < 1.29 is 8.78 Å². The topological polar surface area (TPSA) is 23.8 Å². The van der Waals surface area contributed by atoms with Crippen LogP contribution in [0.2, 0.25) is 0 Å². The van der Waals surface area contributed by atoms with Crippen molar-refractivity contribution in [3.63, 3.8) is 0 Å². The molecule has 2 aliphatic carbocycles. The Bertz CT molecular complexity index is 337. The summed E-state index contributed by atoms with van der Waals surface area (Å²) in [7, 11) is -0.748. The van der Waals surface area contributed by atoms with Crippen molar-refractivity contribution in [1.82, 2.24) is 0 Å². The van der Waals surface area contributed by atoms with Gasteiger partial charge in [-0.25, -0.2) is 18.8 Å². The van der Waals surface area contributed by atoms with Crippen LogP contribution in [0.5, 0.6) is 0 Å². The summed E-state index contributed by atoms with van der Waals surface area (Å²) in [5, 5.41) is 9.44. The summed E-state index contributed by atoms with van der Waals surface area (Å²) in [4.78, 5) is 0. The Morgan fingerprint density at radius 2 is 1.59 bits per heavy atom. The molecule has 0 aliphatic heterocycles. The van der Waals surface area contributed by atoms with E-state index in [4.69, 9.17) is 0 Å². The number of fused-ring (bicyclic) bond motifs is 1. The van der Waals surface area contributed by atoms with Crippen molar-refractivity contribution in [2.45, 2.75) is 31.6 Å². The zero-order valence-electron chi connectivity index (χ0n) is 10.8. The molecule has 0 saturated heterocycles. The maximum absolute atomic E-state index is 13.3. The number of halogens is 2. The van der Waals surface area contributed by atoms with Gasteiger partial charge in [0.2, 0.25) is 5.92 Å². The predicted molar refractivity (Wildman–Crippen MR) is 68.7 cm³/mol. The van der Waals surface area contributed by atoms with E-state index in [-0.39, 0.29) is 30.1 Å². The van der Waals surface area contributed by atoms with Gasteiger partial charge in [0.25, 0.3) is 0 Å². The average molecular weight is 261 g/mol. The monoisotopic (exact) mass is 261 g/mol. The Morgan fingerprint density at radius 3 is 1.94 bits per heavy atom. The van der Waals surface area contributed by atoms with Crippen LogP contribution in [0.1, 0.15) is 25.7 Å². The lowest BCUT2D eigenvalue weighted by molar-refractivity contribution is -0.00195. The molecule has 0 spiro atoms. The Labute approximate surface area is 104 Å². The van der Waals surface area contributed by atoms with E-state index >= 15 is 0 Å². The fraction of sp³-hybridized carbons (Fsp3) is 0.923. The largest absolute Gasteiger partial charge is 0.248 e. The molecular formula is C13H21F2NS. The highest BCUT2D eigenvalue weighted by molar-refractivity contribution is 8.32. The maximum Gasteiger partial charge on any atom is 0.248 e. The van der Waals surface area contributed by atoms with E-state index in [9.17, 15) is 14.0 Å². The molecule has 1 nitrogen and oxygen atoms in total. The van der Waals surface area contributed by atoms with Gasteiger partial charge in [-0.1, -0.05) is 0 Å². The zero-order valence-corrected chi connectivity index (χ0v) is 11.6. The SMILES string of the molecule is CS(C)(C)CC1(C#N)C[C@H]2CC(F)(F)C[C@H]2C1. The van der Waals surface area contributed by atoms with Crippen molar-refractivity contribution in [1.29, 1.82) is 5.26 Å². The Hall–Kier alpha value is -0.300. The minimum atomic E-state index is -2.47. The van der Waals surface area contributed by atoms with Gasteiger partial charge in [-0.3, -0.25) is 0 Å². The minimum absolute atomic E-state index is 0.0145. The van der Waals surface area contributed by atoms with Gasteiger partial charge in [0.05, 0.1) is 11.5 Å². The van der Waals surface area contributed by atoms with Gasteiger partial charge in [0.1, 0.15) is 0 Å². The second-order valence-electron chi connectivity index (χ2n) is 6.82. The second kappa shape index (κ2) is 3.85. The van der Waals surface area contributed by atoms with Gasteiger partial charge >= 0.3 is 0 Å². The molecule has 2 rings (SSSR count). The fourth-order valence-corrected chi connectivity index (χ4v) is 5.78. The molecule has 0 amide bonds. The second-order valence-corrected chi connectivity index (χ2v) is 11.3. The van der Waals surface area contributed by atoms with Crippen molar-refractivity contribution in [2.24, 2.45) is 17.3 Å². The molecule has 0 N–H and O–H groups in total. The number of nitrogens with zero attached hydrogens (tertiary/aromatic N) is 1. The fourth-order valence-electron chi connectivity index (χ4n) is 3.82. The predicted octanol–water partition coefficient (Wildman–Crippen LogP) is 3.65. The Balaban J connectivity index is 2.10. The maximum atomic E-state index is 13.3. The van der Waals surface area contributed by atoms with Crippen LogP contribution in [-0.4, -0.2) is 30.4 Å². The van der Waals surface area contributed by atoms with E-state index in [1.807, 2.05) is 0 Å². The van der Waals surface area contributed by atoms with Crippen molar-refractivity contribution >= 4 is 10.0 Å². The Kier molecular flexibility index (Phi) is 2.97. The molecule has 0 radical (unpaired) electrons. The van der Waals surface area contributed by atoms with E-state index in [0.717, 1.165) is 5.75 Å². The lowest BCUT2D eigenvalue weighted by atomic mass is 9.87. The summed E-state index contributed by atoms with van der Waals surface area (Å²) >= 11 is 0. The van der Waals surface area contributed by atoms with E-state index < -0.39 is 16.0 Å². The molecule has 3 atom stereocenters. The van der Waals surface area contributed by atoms with Crippen LogP contribution in [0, 0.1) is 28.6 Å². The molecule has 1 unspecified atom stereocenters. The number of nitriles is 1. The third-order valence-corrected chi connectivity index (χ3v) is 5.46. The zero-order chi connectivity index (χ0) is 12.9. The van der Waals surface area contributed by atoms with E-state index in [1.165, 1.54) is 0 Å². The molecule has 4 heteroatoms. The molecule has 98 valence electrons. The molecule has 2 saturated carbocycles. The number of hydrogen-bond acceptors (Lipinski definition) is 1. The lowest BCUT2D eigenvalue weighted by Crippen LogP contribution is -2.25. The van der Waals surface area contributed by atoms with Gasteiger partial charge in [-0.2, -0.15) is 5.26 Å². The molecule has 17 heavy (non-hydrogen) atoms. The van der Waals surface area contributed by atoms with Gasteiger partial charge in [0, 0.05) is 12.8 Å². The first kappa shape index (κ1) is 13.1. The first-order valence-electron chi connectivity index (χ1n) is 6.10. The summed E-state index contributed by atoms with van der Waals surface area (Å²) in [6, 6.07) is 2.47. The quantitative estimate of drug-likeness (QED) is 0.744. The van der Waals surface area contributed by atoms with Crippen LogP contribution in [0.3, 0.4) is 0 Å². The number of alkyl halides is 2. The number of rotatable bonds is 2. The standard InChI is InChI=1S/C13H21F2NS/c1-17(2,3)9-12(8-16)4-10-6-13(14,15)7-11(10)5-12/h10-11H,4-7,9H2,1-3H3/t10-,11+,12?. The average Bonchev–Trinajstić information content (AvgIpc) is 2.51. The lowest BCUT2D eigenvalue weighted by Gasteiger charge is -2.34. The number of hydrogen-bond donors (Lipinski definition) is 0. The van der Waals surface area contributed by atoms with Gasteiger partial charge in [0.15, 0.2) is 0 Å². The van der Waals surface area contributed by atoms with E-state index in [2.05, 4.69) is 24.8 Å². The molecular weight excluding hydrogens is 240 g/mol.